The first-order chi connectivity index (χ1) is 6.18. The minimum absolute atomic E-state index is 0.647. The average Bonchev–Trinajstić information content (AvgIpc) is 2.60. The zero-order valence-electron chi connectivity index (χ0n) is 8.21. The predicted molar refractivity (Wildman–Crippen MR) is 56.4 cm³/mol. The highest BCUT2D eigenvalue weighted by atomic mass is 32.1. The van der Waals surface area contributed by atoms with Gasteiger partial charge in [0.2, 0.25) is 0 Å². The van der Waals surface area contributed by atoms with Crippen molar-refractivity contribution in [2.45, 2.75) is 39.2 Å². The minimum atomic E-state index is 0.647. The van der Waals surface area contributed by atoms with Gasteiger partial charge in [0.15, 0.2) is 4.77 Å². The van der Waals surface area contributed by atoms with Gasteiger partial charge in [0, 0.05) is 17.9 Å². The van der Waals surface area contributed by atoms with E-state index in [0.717, 1.165) is 10.7 Å². The number of imidazole rings is 1. The van der Waals surface area contributed by atoms with Crippen molar-refractivity contribution in [2.24, 2.45) is 5.92 Å². The number of hydrogen-bond acceptors (Lipinski definition) is 1. The summed E-state index contributed by atoms with van der Waals surface area (Å²) in [5.41, 5.74) is 1.27. The van der Waals surface area contributed by atoms with Crippen molar-refractivity contribution in [3.05, 3.63) is 16.7 Å². The molecule has 0 radical (unpaired) electrons. The van der Waals surface area contributed by atoms with Crippen molar-refractivity contribution < 1.29 is 0 Å². The summed E-state index contributed by atoms with van der Waals surface area (Å²) in [6.45, 7) is 4.45. The van der Waals surface area contributed by atoms with Crippen molar-refractivity contribution in [3.63, 3.8) is 0 Å². The molecule has 1 N–H and O–H groups in total. The summed E-state index contributed by atoms with van der Waals surface area (Å²) in [6.07, 6.45) is 5.92. The number of rotatable bonds is 1. The number of aryl methyl sites for hydroxylation is 1. The molecule has 1 aliphatic carbocycles. The number of H-pyrrole nitrogens is 1. The van der Waals surface area contributed by atoms with E-state index in [1.54, 1.807) is 0 Å². The average molecular weight is 196 g/mol. The Labute approximate surface area is 84.0 Å². The van der Waals surface area contributed by atoms with Crippen LogP contribution < -0.4 is 0 Å². The van der Waals surface area contributed by atoms with Gasteiger partial charge in [0.05, 0.1) is 0 Å². The standard InChI is InChI=1S/C10H16N2S/c1-7-3-4-9(5-7)12-8(2)6-11-10(12)13/h6-7,9H,3-5H2,1-2H3,(H,11,13). The molecule has 13 heavy (non-hydrogen) atoms. The van der Waals surface area contributed by atoms with E-state index in [9.17, 15) is 0 Å². The van der Waals surface area contributed by atoms with Gasteiger partial charge in [0.25, 0.3) is 0 Å². The summed E-state index contributed by atoms with van der Waals surface area (Å²) in [5, 5.41) is 0. The molecule has 72 valence electrons. The quantitative estimate of drug-likeness (QED) is 0.684. The largest absolute Gasteiger partial charge is 0.337 e. The van der Waals surface area contributed by atoms with Crippen LogP contribution in [0.4, 0.5) is 0 Å². The topological polar surface area (TPSA) is 20.7 Å². The molecule has 2 atom stereocenters. The van der Waals surface area contributed by atoms with Gasteiger partial charge in [-0.1, -0.05) is 6.92 Å². The lowest BCUT2D eigenvalue weighted by Crippen LogP contribution is -2.06. The second-order valence-corrected chi connectivity index (χ2v) is 4.56. The van der Waals surface area contributed by atoms with Crippen molar-refractivity contribution in [1.82, 2.24) is 9.55 Å². The molecule has 1 saturated carbocycles. The van der Waals surface area contributed by atoms with Gasteiger partial charge in [-0.05, 0) is 44.3 Å². The van der Waals surface area contributed by atoms with Crippen LogP contribution in [0, 0.1) is 17.6 Å². The molecule has 0 amide bonds. The fourth-order valence-corrected chi connectivity index (χ4v) is 2.68. The first-order valence-corrected chi connectivity index (χ1v) is 5.36. The Morgan fingerprint density at radius 2 is 2.31 bits per heavy atom. The highest BCUT2D eigenvalue weighted by Gasteiger charge is 2.23. The number of nitrogens with zero attached hydrogens (tertiary/aromatic N) is 1. The number of nitrogens with one attached hydrogen (secondary N) is 1. The van der Waals surface area contributed by atoms with E-state index in [-0.39, 0.29) is 0 Å². The van der Waals surface area contributed by atoms with E-state index in [1.165, 1.54) is 25.0 Å². The maximum atomic E-state index is 5.26. The Morgan fingerprint density at radius 3 is 2.77 bits per heavy atom. The van der Waals surface area contributed by atoms with E-state index in [4.69, 9.17) is 12.2 Å². The van der Waals surface area contributed by atoms with Crippen LogP contribution in [0.3, 0.4) is 0 Å². The Bertz CT molecular complexity index is 350. The smallest absolute Gasteiger partial charge is 0.177 e. The third-order valence-corrected chi connectivity index (χ3v) is 3.35. The molecule has 0 saturated heterocycles. The molecule has 1 aromatic heterocycles. The zero-order chi connectivity index (χ0) is 9.42. The van der Waals surface area contributed by atoms with E-state index in [0.29, 0.717) is 6.04 Å². The minimum Gasteiger partial charge on any atom is -0.337 e. The van der Waals surface area contributed by atoms with E-state index < -0.39 is 0 Å². The maximum Gasteiger partial charge on any atom is 0.177 e. The number of aromatic nitrogens is 2. The molecule has 0 aliphatic heterocycles. The Kier molecular flexibility index (Phi) is 2.28. The molecule has 1 heterocycles. The van der Waals surface area contributed by atoms with Crippen LogP contribution in [0.1, 0.15) is 37.9 Å². The Hall–Kier alpha value is -0.570. The lowest BCUT2D eigenvalue weighted by Gasteiger charge is -2.13. The summed E-state index contributed by atoms with van der Waals surface area (Å²) in [4.78, 5) is 3.11. The fourth-order valence-electron chi connectivity index (χ4n) is 2.33. The molecule has 2 unspecified atom stereocenters. The van der Waals surface area contributed by atoms with Gasteiger partial charge in [-0.3, -0.25) is 0 Å². The zero-order valence-corrected chi connectivity index (χ0v) is 9.03. The van der Waals surface area contributed by atoms with Crippen molar-refractivity contribution >= 4 is 12.2 Å². The summed E-state index contributed by atoms with van der Waals surface area (Å²) in [7, 11) is 0. The van der Waals surface area contributed by atoms with Crippen LogP contribution in [0.15, 0.2) is 6.20 Å². The second kappa shape index (κ2) is 3.29. The van der Waals surface area contributed by atoms with Gasteiger partial charge in [0.1, 0.15) is 0 Å². The maximum absolute atomic E-state index is 5.26. The molecular weight excluding hydrogens is 180 g/mol. The van der Waals surface area contributed by atoms with Crippen LogP contribution in [0.2, 0.25) is 0 Å². The van der Waals surface area contributed by atoms with Crippen molar-refractivity contribution in [2.75, 3.05) is 0 Å². The second-order valence-electron chi connectivity index (χ2n) is 4.18. The van der Waals surface area contributed by atoms with Crippen LogP contribution in [-0.4, -0.2) is 9.55 Å². The number of aromatic amines is 1. The summed E-state index contributed by atoms with van der Waals surface area (Å²) in [5.74, 6) is 0.862. The summed E-state index contributed by atoms with van der Waals surface area (Å²) in [6, 6.07) is 0.647. The lowest BCUT2D eigenvalue weighted by atomic mass is 10.1. The Balaban J connectivity index is 2.30. The molecule has 1 aromatic rings. The van der Waals surface area contributed by atoms with Crippen molar-refractivity contribution in [1.29, 1.82) is 0 Å². The van der Waals surface area contributed by atoms with E-state index in [2.05, 4.69) is 23.4 Å². The molecule has 0 bridgehead atoms. The lowest BCUT2D eigenvalue weighted by molar-refractivity contribution is 0.481. The van der Waals surface area contributed by atoms with Crippen LogP contribution in [0.5, 0.6) is 0 Å². The third-order valence-electron chi connectivity index (χ3n) is 3.04. The molecular formula is C10H16N2S. The highest BCUT2D eigenvalue weighted by Crippen LogP contribution is 2.34. The van der Waals surface area contributed by atoms with Gasteiger partial charge >= 0.3 is 0 Å². The first-order valence-electron chi connectivity index (χ1n) is 4.95. The van der Waals surface area contributed by atoms with Gasteiger partial charge in [-0.2, -0.15) is 0 Å². The van der Waals surface area contributed by atoms with Gasteiger partial charge in [-0.15, -0.1) is 0 Å². The monoisotopic (exact) mass is 196 g/mol. The normalized spacial score (nSPS) is 28.2. The predicted octanol–water partition coefficient (Wildman–Crippen LogP) is 3.22. The molecule has 2 nitrogen and oxygen atoms in total. The van der Waals surface area contributed by atoms with Crippen LogP contribution >= 0.6 is 12.2 Å². The molecule has 3 heteroatoms. The van der Waals surface area contributed by atoms with E-state index >= 15 is 0 Å². The number of hydrogen-bond donors (Lipinski definition) is 1. The van der Waals surface area contributed by atoms with Gasteiger partial charge in [-0.25, -0.2) is 0 Å². The highest BCUT2D eigenvalue weighted by molar-refractivity contribution is 7.71. The third kappa shape index (κ3) is 1.57. The van der Waals surface area contributed by atoms with Crippen LogP contribution in [0.25, 0.3) is 0 Å². The SMILES string of the molecule is Cc1c[nH]c(=S)n1C1CCC(C)C1. The fraction of sp³-hybridized carbons (Fsp3) is 0.700. The Morgan fingerprint density at radius 1 is 1.54 bits per heavy atom. The summed E-state index contributed by atoms with van der Waals surface area (Å²) >= 11 is 5.26. The van der Waals surface area contributed by atoms with E-state index in [1.807, 2.05) is 6.20 Å². The van der Waals surface area contributed by atoms with Gasteiger partial charge < -0.3 is 9.55 Å². The molecule has 1 aliphatic rings. The van der Waals surface area contributed by atoms with Crippen molar-refractivity contribution in [3.8, 4) is 0 Å². The van der Waals surface area contributed by atoms with Crippen LogP contribution in [-0.2, 0) is 0 Å². The molecule has 0 aromatic carbocycles. The molecule has 2 rings (SSSR count). The molecule has 0 spiro atoms. The first kappa shape index (κ1) is 9.00. The summed E-state index contributed by atoms with van der Waals surface area (Å²) < 4.78 is 3.16. The molecule has 1 fully saturated rings.